The molecule has 1 N–H and O–H groups in total. The quantitative estimate of drug-likeness (QED) is 0.657. The molecule has 5 rings (SSSR count). The number of hydrogen-bond donors (Lipinski definition) is 1. The largest absolute Gasteiger partial charge is 0.455 e. The topological polar surface area (TPSA) is 87.8 Å². The maximum absolute atomic E-state index is 12.9. The van der Waals surface area contributed by atoms with Crippen molar-refractivity contribution in [3.05, 3.63) is 64.7 Å². The van der Waals surface area contributed by atoms with Gasteiger partial charge in [0, 0.05) is 36.0 Å². The van der Waals surface area contributed by atoms with Crippen LogP contribution in [0, 0.1) is 6.92 Å². The van der Waals surface area contributed by atoms with Crippen molar-refractivity contribution in [2.24, 2.45) is 5.10 Å². The summed E-state index contributed by atoms with van der Waals surface area (Å²) < 4.78 is 5.98. The number of nitrogens with zero attached hydrogens (tertiary/aromatic N) is 3. The Morgan fingerprint density at radius 2 is 1.87 bits per heavy atom. The zero-order chi connectivity index (χ0) is 21.4. The van der Waals surface area contributed by atoms with E-state index in [0.29, 0.717) is 11.5 Å². The highest BCUT2D eigenvalue weighted by Crippen LogP contribution is 2.31. The van der Waals surface area contributed by atoms with Crippen LogP contribution in [0.4, 0.5) is 0 Å². The van der Waals surface area contributed by atoms with Crippen molar-refractivity contribution in [3.63, 3.8) is 0 Å². The molecule has 1 saturated heterocycles. The number of furan rings is 1. The van der Waals surface area contributed by atoms with E-state index in [2.05, 4.69) is 15.5 Å². The number of carbonyl (C=O) groups is 2. The third-order valence-corrected chi connectivity index (χ3v) is 6.04. The Morgan fingerprint density at radius 1 is 1.06 bits per heavy atom. The van der Waals surface area contributed by atoms with E-state index in [4.69, 9.17) is 4.42 Å². The maximum atomic E-state index is 12.9. The fraction of sp³-hybridized carbons (Fsp3) is 0.333. The minimum Gasteiger partial charge on any atom is -0.455 e. The lowest BCUT2D eigenvalue weighted by atomic mass is 9.93. The first kappa shape index (κ1) is 19.5. The lowest BCUT2D eigenvalue weighted by Gasteiger charge is -2.14. The van der Waals surface area contributed by atoms with Gasteiger partial charge in [0.1, 0.15) is 11.5 Å². The Labute approximate surface area is 180 Å². The van der Waals surface area contributed by atoms with Gasteiger partial charge in [0.25, 0.3) is 11.8 Å². The molecule has 0 atom stereocenters. The predicted octanol–water partition coefficient (Wildman–Crippen LogP) is 3.84. The summed E-state index contributed by atoms with van der Waals surface area (Å²) in [7, 11) is 0. The number of aryl methyl sites for hydroxylation is 1. The summed E-state index contributed by atoms with van der Waals surface area (Å²) in [5, 5.41) is 5.38. The highest BCUT2D eigenvalue weighted by Gasteiger charge is 2.31. The average Bonchev–Trinajstić information content (AvgIpc) is 3.45. The zero-order valence-electron chi connectivity index (χ0n) is 17.5. The Balaban J connectivity index is 1.40. The van der Waals surface area contributed by atoms with E-state index in [1.807, 2.05) is 42.2 Å². The van der Waals surface area contributed by atoms with Gasteiger partial charge in [-0.05, 0) is 44.7 Å². The summed E-state index contributed by atoms with van der Waals surface area (Å²) in [6.07, 6.45) is 4.42. The summed E-state index contributed by atoms with van der Waals surface area (Å²) >= 11 is 0. The van der Waals surface area contributed by atoms with Crippen molar-refractivity contribution in [2.75, 3.05) is 13.1 Å². The second-order valence-electron chi connectivity index (χ2n) is 8.10. The van der Waals surface area contributed by atoms with Gasteiger partial charge in [-0.3, -0.25) is 9.59 Å². The third-order valence-electron chi connectivity index (χ3n) is 6.04. The molecule has 0 saturated carbocycles. The molecule has 7 heteroatoms. The van der Waals surface area contributed by atoms with Crippen molar-refractivity contribution in [1.29, 1.82) is 0 Å². The van der Waals surface area contributed by atoms with Crippen molar-refractivity contribution < 1.29 is 14.0 Å². The molecule has 0 spiro atoms. The smallest absolute Gasteiger partial charge is 0.289 e. The number of pyridine rings is 1. The Kier molecular flexibility index (Phi) is 5.02. The molecule has 1 aliphatic heterocycles. The normalized spacial score (nSPS) is 17.2. The van der Waals surface area contributed by atoms with E-state index < -0.39 is 0 Å². The average molecular weight is 416 g/mol. The first-order chi connectivity index (χ1) is 15.1. The molecule has 7 nitrogen and oxygen atoms in total. The predicted molar refractivity (Wildman–Crippen MR) is 117 cm³/mol. The van der Waals surface area contributed by atoms with Crippen LogP contribution in [-0.4, -0.2) is 40.5 Å². The molecule has 1 fully saturated rings. The lowest BCUT2D eigenvalue weighted by Crippen LogP contribution is -2.27. The number of aromatic nitrogens is 1. The minimum atomic E-state index is -0.361. The number of carbonyl (C=O) groups excluding carboxylic acids is 2. The summed E-state index contributed by atoms with van der Waals surface area (Å²) in [4.78, 5) is 31.8. The lowest BCUT2D eigenvalue weighted by molar-refractivity contribution is 0.0758. The molecule has 2 amide bonds. The molecule has 2 aliphatic rings. The number of nitrogens with one attached hydrogen (secondary N) is 1. The first-order valence-corrected chi connectivity index (χ1v) is 10.8. The number of hydrogen-bond acceptors (Lipinski definition) is 5. The van der Waals surface area contributed by atoms with E-state index in [1.54, 1.807) is 6.07 Å². The highest BCUT2D eigenvalue weighted by atomic mass is 16.4. The van der Waals surface area contributed by atoms with Gasteiger partial charge in [-0.2, -0.15) is 5.10 Å². The number of amides is 2. The molecule has 1 aromatic carbocycles. The molecule has 2 aromatic heterocycles. The van der Waals surface area contributed by atoms with Crippen molar-refractivity contribution in [1.82, 2.24) is 15.3 Å². The fourth-order valence-corrected chi connectivity index (χ4v) is 4.42. The number of fused-ring (bicyclic) bond motifs is 2. The van der Waals surface area contributed by atoms with Gasteiger partial charge in [-0.1, -0.05) is 24.3 Å². The maximum Gasteiger partial charge on any atom is 0.289 e. The number of likely N-dealkylation sites (tertiary alicyclic amines) is 1. The van der Waals surface area contributed by atoms with E-state index in [1.165, 1.54) is 0 Å². The van der Waals surface area contributed by atoms with Crippen LogP contribution in [0.1, 0.15) is 63.6 Å². The number of hydrazone groups is 1. The van der Waals surface area contributed by atoms with E-state index in [-0.39, 0.29) is 11.8 Å². The van der Waals surface area contributed by atoms with Crippen LogP contribution in [0.3, 0.4) is 0 Å². The van der Waals surface area contributed by atoms with Crippen LogP contribution in [0.25, 0.3) is 10.9 Å². The van der Waals surface area contributed by atoms with E-state index in [0.717, 1.165) is 78.7 Å². The Bertz CT molecular complexity index is 1200. The molecule has 3 aromatic rings. The first-order valence-electron chi connectivity index (χ1n) is 10.8. The molecular formula is C24H24N4O3. The SMILES string of the molecule is Cc1c(C(=O)N2CCCC2)oc2c1/C(=N/NC(=O)c1ccc3ccccc3n1)CCC2. The number of benzene rings is 1. The molecule has 3 heterocycles. The van der Waals surface area contributed by atoms with Crippen LogP contribution in [-0.2, 0) is 6.42 Å². The molecular weight excluding hydrogens is 392 g/mol. The molecule has 158 valence electrons. The standard InChI is InChI=1S/C24H24N4O3/c1-15-21-18(9-6-10-20(21)31-22(15)24(30)28-13-4-5-14-28)26-27-23(29)19-12-11-16-7-2-3-8-17(16)25-19/h2-3,7-8,11-12H,4-6,9-10,13-14H2,1H3,(H,27,29)/b26-18+. The summed E-state index contributed by atoms with van der Waals surface area (Å²) in [5.74, 6) is 0.778. The monoisotopic (exact) mass is 416 g/mol. The van der Waals surface area contributed by atoms with Gasteiger partial charge in [0.05, 0.1) is 11.2 Å². The Morgan fingerprint density at radius 3 is 2.71 bits per heavy atom. The van der Waals surface area contributed by atoms with Crippen molar-refractivity contribution in [3.8, 4) is 0 Å². The minimum absolute atomic E-state index is 0.0480. The third kappa shape index (κ3) is 3.60. The van der Waals surface area contributed by atoms with Crippen LogP contribution >= 0.6 is 0 Å². The molecule has 0 radical (unpaired) electrons. The van der Waals surface area contributed by atoms with Crippen LogP contribution < -0.4 is 5.43 Å². The van der Waals surface area contributed by atoms with Crippen molar-refractivity contribution in [2.45, 2.75) is 39.0 Å². The van der Waals surface area contributed by atoms with Gasteiger partial charge >= 0.3 is 0 Å². The van der Waals surface area contributed by atoms with Gasteiger partial charge < -0.3 is 9.32 Å². The second kappa shape index (κ2) is 7.98. The highest BCUT2D eigenvalue weighted by molar-refractivity contribution is 6.07. The zero-order valence-corrected chi connectivity index (χ0v) is 17.5. The van der Waals surface area contributed by atoms with Crippen LogP contribution in [0.5, 0.6) is 0 Å². The van der Waals surface area contributed by atoms with E-state index >= 15 is 0 Å². The summed E-state index contributed by atoms with van der Waals surface area (Å²) in [5.41, 5.74) is 6.14. The number of para-hydroxylation sites is 1. The molecule has 1 aliphatic carbocycles. The van der Waals surface area contributed by atoms with Crippen LogP contribution in [0.15, 0.2) is 45.9 Å². The summed E-state index contributed by atoms with van der Waals surface area (Å²) in [6, 6.07) is 11.2. The van der Waals surface area contributed by atoms with Crippen LogP contribution in [0.2, 0.25) is 0 Å². The molecule has 31 heavy (non-hydrogen) atoms. The van der Waals surface area contributed by atoms with E-state index in [9.17, 15) is 9.59 Å². The van der Waals surface area contributed by atoms with Gasteiger partial charge in [-0.25, -0.2) is 10.4 Å². The second-order valence-corrected chi connectivity index (χ2v) is 8.10. The van der Waals surface area contributed by atoms with Gasteiger partial charge in [-0.15, -0.1) is 0 Å². The fourth-order valence-electron chi connectivity index (χ4n) is 4.42. The molecule has 0 bridgehead atoms. The number of rotatable bonds is 3. The molecule has 0 unspecified atom stereocenters. The summed E-state index contributed by atoms with van der Waals surface area (Å²) in [6.45, 7) is 3.46. The van der Waals surface area contributed by atoms with Crippen molar-refractivity contribution >= 4 is 28.4 Å². The van der Waals surface area contributed by atoms with Gasteiger partial charge in [0.2, 0.25) is 0 Å². The van der Waals surface area contributed by atoms with Gasteiger partial charge in [0.15, 0.2) is 5.76 Å². The Hall–Kier alpha value is -3.48.